The predicted molar refractivity (Wildman–Crippen MR) is 64.3 cm³/mol. The Balaban J connectivity index is 2.49. The van der Waals surface area contributed by atoms with Crippen LogP contribution in [0, 0.1) is 5.82 Å². The van der Waals surface area contributed by atoms with Crippen LogP contribution >= 0.6 is 0 Å². The van der Waals surface area contributed by atoms with Gasteiger partial charge in [0.1, 0.15) is 17.7 Å². The molecule has 0 heterocycles. The van der Waals surface area contributed by atoms with Crippen molar-refractivity contribution in [1.82, 2.24) is 5.32 Å². The molecule has 1 unspecified atom stereocenters. The third-order valence-corrected chi connectivity index (χ3v) is 2.35. The maximum atomic E-state index is 12.7. The fourth-order valence-corrected chi connectivity index (χ4v) is 1.54. The molecule has 90 valence electrons. The van der Waals surface area contributed by atoms with Crippen molar-refractivity contribution in [2.24, 2.45) is 0 Å². The van der Waals surface area contributed by atoms with Gasteiger partial charge in [-0.05, 0) is 37.2 Å². The first-order valence-corrected chi connectivity index (χ1v) is 5.89. The van der Waals surface area contributed by atoms with Crippen molar-refractivity contribution < 1.29 is 9.13 Å². The summed E-state index contributed by atoms with van der Waals surface area (Å²) in [6.07, 6.45) is 2.25. The van der Waals surface area contributed by atoms with Crippen molar-refractivity contribution in [2.75, 3.05) is 13.1 Å². The smallest absolute Gasteiger partial charge is 0.123 e. The van der Waals surface area contributed by atoms with Crippen molar-refractivity contribution in [3.8, 4) is 5.75 Å². The molecule has 0 amide bonds. The Labute approximate surface area is 96.8 Å². The van der Waals surface area contributed by atoms with Gasteiger partial charge in [0.05, 0.1) is 0 Å². The van der Waals surface area contributed by atoms with Crippen LogP contribution in [0.3, 0.4) is 0 Å². The van der Waals surface area contributed by atoms with Gasteiger partial charge in [-0.1, -0.05) is 20.3 Å². The summed E-state index contributed by atoms with van der Waals surface area (Å²) in [4.78, 5) is 0. The summed E-state index contributed by atoms with van der Waals surface area (Å²) in [7, 11) is 0. The second kappa shape index (κ2) is 7.23. The minimum absolute atomic E-state index is 0.162. The van der Waals surface area contributed by atoms with Gasteiger partial charge in [0.25, 0.3) is 0 Å². The van der Waals surface area contributed by atoms with Crippen LogP contribution in [0.25, 0.3) is 0 Å². The van der Waals surface area contributed by atoms with E-state index in [0.29, 0.717) is 0 Å². The van der Waals surface area contributed by atoms with Gasteiger partial charge in [0, 0.05) is 6.54 Å². The van der Waals surface area contributed by atoms with Crippen LogP contribution in [0.1, 0.15) is 26.7 Å². The Morgan fingerprint density at radius 2 is 1.94 bits per heavy atom. The first-order valence-electron chi connectivity index (χ1n) is 5.89. The lowest BCUT2D eigenvalue weighted by atomic mass is 10.2. The van der Waals surface area contributed by atoms with E-state index in [9.17, 15) is 4.39 Å². The summed E-state index contributed by atoms with van der Waals surface area (Å²) in [5.41, 5.74) is 0. The first kappa shape index (κ1) is 13.0. The van der Waals surface area contributed by atoms with E-state index in [0.717, 1.165) is 31.7 Å². The molecule has 1 N–H and O–H groups in total. The summed E-state index contributed by atoms with van der Waals surface area (Å²) in [6, 6.07) is 6.19. The number of nitrogens with one attached hydrogen (secondary N) is 1. The lowest BCUT2D eigenvalue weighted by Crippen LogP contribution is -2.31. The van der Waals surface area contributed by atoms with E-state index in [1.807, 2.05) is 0 Å². The minimum Gasteiger partial charge on any atom is -0.489 e. The Kier molecular flexibility index (Phi) is 5.86. The normalized spacial score (nSPS) is 12.4. The average Bonchev–Trinajstić information content (AvgIpc) is 2.29. The van der Waals surface area contributed by atoms with Gasteiger partial charge in [0.15, 0.2) is 0 Å². The molecule has 0 bridgehead atoms. The van der Waals surface area contributed by atoms with E-state index in [2.05, 4.69) is 19.2 Å². The van der Waals surface area contributed by atoms with Crippen molar-refractivity contribution >= 4 is 0 Å². The summed E-state index contributed by atoms with van der Waals surface area (Å²) < 4.78 is 18.5. The monoisotopic (exact) mass is 225 g/mol. The Morgan fingerprint density at radius 1 is 1.25 bits per heavy atom. The fourth-order valence-electron chi connectivity index (χ4n) is 1.54. The van der Waals surface area contributed by atoms with E-state index >= 15 is 0 Å². The second-order valence-electron chi connectivity index (χ2n) is 3.79. The van der Waals surface area contributed by atoms with E-state index in [1.54, 1.807) is 12.1 Å². The van der Waals surface area contributed by atoms with E-state index in [-0.39, 0.29) is 11.9 Å². The summed E-state index contributed by atoms with van der Waals surface area (Å²) in [5, 5.41) is 3.27. The molecule has 0 saturated carbocycles. The molecular formula is C13H20FNO. The maximum Gasteiger partial charge on any atom is 0.123 e. The Hall–Kier alpha value is -1.09. The molecule has 0 aliphatic heterocycles. The lowest BCUT2D eigenvalue weighted by Gasteiger charge is -2.18. The first-order chi connectivity index (χ1) is 7.76. The second-order valence-corrected chi connectivity index (χ2v) is 3.79. The van der Waals surface area contributed by atoms with Gasteiger partial charge in [-0.2, -0.15) is 0 Å². The molecule has 0 aliphatic rings. The number of hydrogen-bond acceptors (Lipinski definition) is 2. The molecule has 0 aliphatic carbocycles. The number of likely N-dealkylation sites (N-methyl/N-ethyl adjacent to an activating group) is 1. The highest BCUT2D eigenvalue weighted by atomic mass is 19.1. The van der Waals surface area contributed by atoms with Gasteiger partial charge in [-0.15, -0.1) is 0 Å². The van der Waals surface area contributed by atoms with E-state index in [4.69, 9.17) is 4.74 Å². The number of benzene rings is 1. The van der Waals surface area contributed by atoms with Crippen molar-refractivity contribution in [1.29, 1.82) is 0 Å². The molecule has 0 spiro atoms. The fraction of sp³-hybridized carbons (Fsp3) is 0.538. The standard InChI is InChI=1S/C13H20FNO/c1-3-5-13(10-15-4-2)16-12-8-6-11(14)7-9-12/h6-9,13,15H,3-5,10H2,1-2H3. The lowest BCUT2D eigenvalue weighted by molar-refractivity contribution is 0.187. The van der Waals surface area contributed by atoms with Crippen LogP contribution in [0.15, 0.2) is 24.3 Å². The van der Waals surface area contributed by atoms with Crippen LogP contribution < -0.4 is 10.1 Å². The van der Waals surface area contributed by atoms with Gasteiger partial charge < -0.3 is 10.1 Å². The van der Waals surface area contributed by atoms with Crippen molar-refractivity contribution in [3.05, 3.63) is 30.1 Å². The zero-order valence-corrected chi connectivity index (χ0v) is 10.0. The zero-order valence-electron chi connectivity index (χ0n) is 10.0. The maximum absolute atomic E-state index is 12.7. The third-order valence-electron chi connectivity index (χ3n) is 2.35. The highest BCUT2D eigenvalue weighted by molar-refractivity contribution is 5.22. The number of halogens is 1. The summed E-state index contributed by atoms with van der Waals surface area (Å²) >= 11 is 0. The van der Waals surface area contributed by atoms with E-state index < -0.39 is 0 Å². The number of ether oxygens (including phenoxy) is 1. The van der Waals surface area contributed by atoms with Crippen LogP contribution in [0.5, 0.6) is 5.75 Å². The van der Waals surface area contributed by atoms with Crippen LogP contribution in [-0.4, -0.2) is 19.2 Å². The quantitative estimate of drug-likeness (QED) is 0.770. The Bertz CT molecular complexity index is 286. The van der Waals surface area contributed by atoms with Crippen LogP contribution in [-0.2, 0) is 0 Å². The minimum atomic E-state index is -0.230. The Morgan fingerprint density at radius 3 is 2.50 bits per heavy atom. The predicted octanol–water partition coefficient (Wildman–Crippen LogP) is 2.98. The number of hydrogen-bond donors (Lipinski definition) is 1. The molecule has 1 aromatic rings. The average molecular weight is 225 g/mol. The van der Waals surface area contributed by atoms with E-state index in [1.165, 1.54) is 12.1 Å². The summed E-state index contributed by atoms with van der Waals surface area (Å²) in [6.45, 7) is 5.97. The van der Waals surface area contributed by atoms with Crippen molar-refractivity contribution in [2.45, 2.75) is 32.8 Å². The highest BCUT2D eigenvalue weighted by Gasteiger charge is 2.08. The molecular weight excluding hydrogens is 205 g/mol. The third kappa shape index (κ3) is 4.62. The zero-order chi connectivity index (χ0) is 11.8. The molecule has 0 fully saturated rings. The topological polar surface area (TPSA) is 21.3 Å². The van der Waals surface area contributed by atoms with Gasteiger partial charge >= 0.3 is 0 Å². The molecule has 0 radical (unpaired) electrons. The molecule has 1 atom stereocenters. The molecule has 1 rings (SSSR count). The van der Waals surface area contributed by atoms with Crippen molar-refractivity contribution in [3.63, 3.8) is 0 Å². The van der Waals surface area contributed by atoms with Gasteiger partial charge in [-0.3, -0.25) is 0 Å². The molecule has 0 aromatic heterocycles. The molecule has 2 nitrogen and oxygen atoms in total. The van der Waals surface area contributed by atoms with Gasteiger partial charge in [0.2, 0.25) is 0 Å². The van der Waals surface area contributed by atoms with Gasteiger partial charge in [-0.25, -0.2) is 4.39 Å². The largest absolute Gasteiger partial charge is 0.489 e. The molecule has 1 aromatic carbocycles. The van der Waals surface area contributed by atoms with Crippen LogP contribution in [0.2, 0.25) is 0 Å². The van der Waals surface area contributed by atoms with Crippen LogP contribution in [0.4, 0.5) is 4.39 Å². The SMILES string of the molecule is CCCC(CNCC)Oc1ccc(F)cc1. The summed E-state index contributed by atoms with van der Waals surface area (Å²) in [5.74, 6) is 0.504. The molecule has 0 saturated heterocycles. The molecule has 16 heavy (non-hydrogen) atoms. The molecule has 3 heteroatoms. The highest BCUT2D eigenvalue weighted by Crippen LogP contribution is 2.14. The number of rotatable bonds is 7.